The second-order valence-corrected chi connectivity index (χ2v) is 2.25. The maximum atomic E-state index is 8.88. The Kier molecular flexibility index (Phi) is 2.90. The van der Waals surface area contributed by atoms with Crippen LogP contribution in [0.4, 0.5) is 0 Å². The first-order chi connectivity index (χ1) is 5.72. The Morgan fingerprint density at radius 1 is 1.25 bits per heavy atom. The van der Waals surface area contributed by atoms with Gasteiger partial charge in [-0.2, -0.15) is 0 Å². The number of aromatic hydroxyl groups is 1. The summed E-state index contributed by atoms with van der Waals surface area (Å²) in [5.41, 5.74) is 0. The Bertz CT molecular complexity index is 231. The molecule has 0 spiro atoms. The normalized spacial score (nSPS) is 12.5. The zero-order chi connectivity index (χ0) is 8.97. The van der Waals surface area contributed by atoms with Gasteiger partial charge in [0.05, 0.1) is 0 Å². The molecule has 4 heteroatoms. The molecule has 0 fully saturated rings. The summed E-state index contributed by atoms with van der Waals surface area (Å²) in [6.07, 6.45) is -1.21. The number of rotatable bonds is 3. The standard InChI is InChI=1S/C8H10O4/c9-5-8(11)12-7-3-1-6(10)2-4-7/h1-4,8-11H,5H2. The summed E-state index contributed by atoms with van der Waals surface area (Å²) < 4.78 is 4.81. The lowest BCUT2D eigenvalue weighted by atomic mass is 10.3. The highest BCUT2D eigenvalue weighted by atomic mass is 16.6. The van der Waals surface area contributed by atoms with Crippen molar-refractivity contribution in [2.45, 2.75) is 6.29 Å². The number of benzene rings is 1. The molecule has 0 aliphatic rings. The summed E-state index contributed by atoms with van der Waals surface area (Å²) in [7, 11) is 0. The number of aliphatic hydroxyl groups excluding tert-OH is 2. The lowest BCUT2D eigenvalue weighted by Crippen LogP contribution is -2.19. The topological polar surface area (TPSA) is 69.9 Å². The smallest absolute Gasteiger partial charge is 0.220 e. The van der Waals surface area contributed by atoms with Gasteiger partial charge in [-0.25, -0.2) is 0 Å². The van der Waals surface area contributed by atoms with Crippen molar-refractivity contribution in [3.05, 3.63) is 24.3 Å². The number of ether oxygens (including phenoxy) is 1. The number of phenolic OH excluding ortho intramolecular Hbond substituents is 1. The highest BCUT2D eigenvalue weighted by Crippen LogP contribution is 2.16. The first-order valence-corrected chi connectivity index (χ1v) is 3.47. The van der Waals surface area contributed by atoms with Crippen molar-refractivity contribution in [1.29, 1.82) is 0 Å². The fourth-order valence-corrected chi connectivity index (χ4v) is 0.719. The minimum Gasteiger partial charge on any atom is -0.508 e. The van der Waals surface area contributed by atoms with E-state index in [-0.39, 0.29) is 5.75 Å². The fraction of sp³-hybridized carbons (Fsp3) is 0.250. The SMILES string of the molecule is OCC(O)Oc1ccc(O)cc1. The van der Waals surface area contributed by atoms with Crippen LogP contribution >= 0.6 is 0 Å². The van der Waals surface area contributed by atoms with Crippen LogP contribution in [0.15, 0.2) is 24.3 Å². The van der Waals surface area contributed by atoms with Crippen molar-refractivity contribution >= 4 is 0 Å². The molecule has 0 aliphatic carbocycles. The second-order valence-electron chi connectivity index (χ2n) is 2.25. The van der Waals surface area contributed by atoms with Crippen molar-refractivity contribution in [3.8, 4) is 11.5 Å². The largest absolute Gasteiger partial charge is 0.508 e. The predicted molar refractivity (Wildman–Crippen MR) is 41.8 cm³/mol. The van der Waals surface area contributed by atoms with Gasteiger partial charge in [-0.05, 0) is 24.3 Å². The molecule has 0 radical (unpaired) electrons. The van der Waals surface area contributed by atoms with E-state index in [2.05, 4.69) is 0 Å². The van der Waals surface area contributed by atoms with Gasteiger partial charge in [0.1, 0.15) is 18.1 Å². The molecule has 4 nitrogen and oxygen atoms in total. The van der Waals surface area contributed by atoms with Crippen molar-refractivity contribution in [2.75, 3.05) is 6.61 Å². The highest BCUT2D eigenvalue weighted by Gasteiger charge is 2.02. The molecule has 66 valence electrons. The number of hydrogen-bond acceptors (Lipinski definition) is 4. The molecular formula is C8H10O4. The summed E-state index contributed by atoms with van der Waals surface area (Å²) in [5.74, 6) is 0.523. The van der Waals surface area contributed by atoms with Crippen molar-refractivity contribution in [3.63, 3.8) is 0 Å². The van der Waals surface area contributed by atoms with Crippen molar-refractivity contribution < 1.29 is 20.1 Å². The molecule has 12 heavy (non-hydrogen) atoms. The zero-order valence-corrected chi connectivity index (χ0v) is 6.34. The maximum Gasteiger partial charge on any atom is 0.220 e. The molecule has 0 aliphatic heterocycles. The fourth-order valence-electron chi connectivity index (χ4n) is 0.719. The highest BCUT2D eigenvalue weighted by molar-refractivity contribution is 5.30. The number of phenols is 1. The molecule has 0 amide bonds. The van der Waals surface area contributed by atoms with Crippen LogP contribution in [0.1, 0.15) is 0 Å². The van der Waals surface area contributed by atoms with Gasteiger partial charge in [0, 0.05) is 0 Å². The average Bonchev–Trinajstić information content (AvgIpc) is 2.09. The van der Waals surface area contributed by atoms with Gasteiger partial charge in [0.2, 0.25) is 6.29 Å². The van der Waals surface area contributed by atoms with Crippen LogP contribution < -0.4 is 4.74 Å². The van der Waals surface area contributed by atoms with Crippen molar-refractivity contribution in [2.24, 2.45) is 0 Å². The van der Waals surface area contributed by atoms with E-state index in [1.807, 2.05) is 0 Å². The van der Waals surface area contributed by atoms with Crippen LogP contribution in [0.3, 0.4) is 0 Å². The first kappa shape index (κ1) is 8.83. The van der Waals surface area contributed by atoms with E-state index in [1.54, 1.807) is 0 Å². The third kappa shape index (κ3) is 2.41. The van der Waals surface area contributed by atoms with Crippen LogP contribution in [0.25, 0.3) is 0 Å². The summed E-state index contributed by atoms with van der Waals surface area (Å²) in [5, 5.41) is 26.2. The zero-order valence-electron chi connectivity index (χ0n) is 6.34. The monoisotopic (exact) mass is 170 g/mol. The second kappa shape index (κ2) is 3.94. The summed E-state index contributed by atoms with van der Waals surface area (Å²) >= 11 is 0. The lowest BCUT2D eigenvalue weighted by molar-refractivity contribution is -0.0548. The summed E-state index contributed by atoms with van der Waals surface area (Å²) in [6.45, 7) is -0.457. The van der Waals surface area contributed by atoms with Gasteiger partial charge in [-0.15, -0.1) is 0 Å². The molecule has 1 atom stereocenters. The number of hydrogen-bond donors (Lipinski definition) is 3. The molecule has 3 N–H and O–H groups in total. The van der Waals surface area contributed by atoms with E-state index in [9.17, 15) is 0 Å². The van der Waals surface area contributed by atoms with E-state index >= 15 is 0 Å². The van der Waals surface area contributed by atoms with Gasteiger partial charge >= 0.3 is 0 Å². The van der Waals surface area contributed by atoms with E-state index in [1.165, 1.54) is 24.3 Å². The van der Waals surface area contributed by atoms with Gasteiger partial charge in [0.25, 0.3) is 0 Å². The molecule has 1 aromatic carbocycles. The van der Waals surface area contributed by atoms with E-state index in [0.717, 1.165) is 0 Å². The van der Waals surface area contributed by atoms with Crippen LogP contribution in [-0.2, 0) is 0 Å². The molecule has 0 bridgehead atoms. The molecule has 0 heterocycles. The van der Waals surface area contributed by atoms with E-state index < -0.39 is 12.9 Å². The third-order valence-electron chi connectivity index (χ3n) is 1.27. The Labute approximate surface area is 69.7 Å². The molecular weight excluding hydrogens is 160 g/mol. The molecule has 1 aromatic rings. The molecule has 0 saturated carbocycles. The van der Waals surface area contributed by atoms with Crippen LogP contribution in [-0.4, -0.2) is 28.2 Å². The van der Waals surface area contributed by atoms with Gasteiger partial charge < -0.3 is 20.1 Å². The van der Waals surface area contributed by atoms with Crippen LogP contribution in [0, 0.1) is 0 Å². The van der Waals surface area contributed by atoms with Gasteiger partial charge in [-0.1, -0.05) is 0 Å². The lowest BCUT2D eigenvalue weighted by Gasteiger charge is -2.09. The molecule has 1 rings (SSSR count). The maximum absolute atomic E-state index is 8.88. The van der Waals surface area contributed by atoms with Crippen LogP contribution in [0.5, 0.6) is 11.5 Å². The molecule has 1 unspecified atom stereocenters. The van der Waals surface area contributed by atoms with Gasteiger partial charge in [0.15, 0.2) is 0 Å². The molecule has 0 aromatic heterocycles. The third-order valence-corrected chi connectivity index (χ3v) is 1.27. The minimum atomic E-state index is -1.21. The summed E-state index contributed by atoms with van der Waals surface area (Å²) in [6, 6.07) is 5.85. The van der Waals surface area contributed by atoms with Gasteiger partial charge in [-0.3, -0.25) is 0 Å². The van der Waals surface area contributed by atoms with E-state index in [4.69, 9.17) is 20.1 Å². The Hall–Kier alpha value is -1.26. The van der Waals surface area contributed by atoms with Crippen LogP contribution in [0.2, 0.25) is 0 Å². The Morgan fingerprint density at radius 2 is 1.83 bits per heavy atom. The quantitative estimate of drug-likeness (QED) is 0.562. The first-order valence-electron chi connectivity index (χ1n) is 3.47. The number of aliphatic hydroxyl groups is 2. The Balaban J connectivity index is 2.58. The Morgan fingerprint density at radius 3 is 2.33 bits per heavy atom. The average molecular weight is 170 g/mol. The summed E-state index contributed by atoms with van der Waals surface area (Å²) in [4.78, 5) is 0. The predicted octanol–water partition coefficient (Wildman–Crippen LogP) is 0.0817. The van der Waals surface area contributed by atoms with Crippen molar-refractivity contribution in [1.82, 2.24) is 0 Å². The van der Waals surface area contributed by atoms with E-state index in [0.29, 0.717) is 5.75 Å². The molecule has 0 saturated heterocycles. The minimum absolute atomic E-state index is 0.126.